The average molecular weight is 388 g/mol. The van der Waals surface area contributed by atoms with Crippen molar-refractivity contribution in [2.45, 2.75) is 84.7 Å². The number of ether oxygens (including phenoxy) is 2. The van der Waals surface area contributed by atoms with Gasteiger partial charge in [0.25, 0.3) is 0 Å². The zero-order valence-electron chi connectivity index (χ0n) is 17.9. The van der Waals surface area contributed by atoms with Crippen molar-refractivity contribution in [1.29, 1.82) is 0 Å². The molecule has 1 amide bonds. The molecule has 0 fully saturated rings. The van der Waals surface area contributed by atoms with E-state index in [0.717, 1.165) is 0 Å². The molecule has 0 aliphatic heterocycles. The Hall–Kier alpha value is -1.34. The molecule has 0 aromatic heterocycles. The van der Waals surface area contributed by atoms with Gasteiger partial charge in [0.1, 0.15) is 5.60 Å². The van der Waals surface area contributed by atoms with Gasteiger partial charge in [-0.2, -0.15) is 0 Å². The summed E-state index contributed by atoms with van der Waals surface area (Å²) < 4.78 is 16.5. The molecule has 26 heavy (non-hydrogen) atoms. The number of alkyl carbamates (subject to hydrolysis) is 1. The van der Waals surface area contributed by atoms with Crippen LogP contribution in [0.5, 0.6) is 0 Å². The summed E-state index contributed by atoms with van der Waals surface area (Å²) in [7, 11) is -2.02. The van der Waals surface area contributed by atoms with Gasteiger partial charge in [0.2, 0.25) is 0 Å². The molecule has 0 heterocycles. The molecule has 1 atom stereocenters. The van der Waals surface area contributed by atoms with Crippen molar-refractivity contribution < 1.29 is 23.5 Å². The van der Waals surface area contributed by atoms with Gasteiger partial charge >= 0.3 is 12.1 Å². The first-order chi connectivity index (χ1) is 11.7. The quantitative estimate of drug-likeness (QED) is 0.379. The van der Waals surface area contributed by atoms with Crippen LogP contribution in [0.15, 0.2) is 12.2 Å². The molecule has 1 unspecified atom stereocenters. The van der Waals surface area contributed by atoms with Gasteiger partial charge in [-0.1, -0.05) is 20.8 Å². The highest BCUT2D eigenvalue weighted by molar-refractivity contribution is 6.74. The maximum atomic E-state index is 11.8. The zero-order chi connectivity index (χ0) is 20.6. The SMILES string of the molecule is CCOC(=O)/C=C/C(CCNC(=O)OC(C)(C)C)O[Si](C)(C)C(C)(C)C. The first-order valence-corrected chi connectivity index (χ1v) is 12.1. The Morgan fingerprint density at radius 2 is 1.69 bits per heavy atom. The normalized spacial score (nSPS) is 14.2. The smallest absolute Gasteiger partial charge is 0.407 e. The third-order valence-electron chi connectivity index (χ3n) is 4.08. The molecule has 7 heteroatoms. The van der Waals surface area contributed by atoms with Crippen molar-refractivity contribution in [3.8, 4) is 0 Å². The highest BCUT2D eigenvalue weighted by Crippen LogP contribution is 2.37. The molecular formula is C19H37NO5Si. The molecule has 0 aliphatic carbocycles. The highest BCUT2D eigenvalue weighted by atomic mass is 28.4. The lowest BCUT2D eigenvalue weighted by Gasteiger charge is -2.38. The summed E-state index contributed by atoms with van der Waals surface area (Å²) in [5.41, 5.74) is -0.537. The molecule has 0 radical (unpaired) electrons. The molecule has 152 valence electrons. The summed E-state index contributed by atoms with van der Waals surface area (Å²) in [6.07, 6.45) is 2.92. The Balaban J connectivity index is 4.89. The predicted molar refractivity (Wildman–Crippen MR) is 107 cm³/mol. The van der Waals surface area contributed by atoms with Crippen LogP contribution in [0.25, 0.3) is 0 Å². The van der Waals surface area contributed by atoms with E-state index >= 15 is 0 Å². The fourth-order valence-electron chi connectivity index (χ4n) is 1.76. The predicted octanol–water partition coefficient (Wildman–Crippen LogP) is 4.41. The van der Waals surface area contributed by atoms with Crippen molar-refractivity contribution in [1.82, 2.24) is 5.32 Å². The molecule has 6 nitrogen and oxygen atoms in total. The maximum Gasteiger partial charge on any atom is 0.407 e. The molecule has 0 saturated carbocycles. The van der Waals surface area contributed by atoms with E-state index in [0.29, 0.717) is 19.6 Å². The van der Waals surface area contributed by atoms with Crippen molar-refractivity contribution in [3.05, 3.63) is 12.2 Å². The Morgan fingerprint density at radius 3 is 2.15 bits per heavy atom. The van der Waals surface area contributed by atoms with Gasteiger partial charge in [0.05, 0.1) is 12.7 Å². The van der Waals surface area contributed by atoms with Crippen LogP contribution in [0.4, 0.5) is 4.79 Å². The number of hydrogen-bond acceptors (Lipinski definition) is 5. The topological polar surface area (TPSA) is 73.9 Å². The van der Waals surface area contributed by atoms with Gasteiger partial charge in [-0.15, -0.1) is 0 Å². The summed E-state index contributed by atoms with van der Waals surface area (Å²) in [5.74, 6) is -0.392. The van der Waals surface area contributed by atoms with Crippen LogP contribution < -0.4 is 5.32 Å². The molecule has 0 aromatic rings. The number of nitrogens with one attached hydrogen (secondary N) is 1. The molecule has 1 N–H and O–H groups in total. The standard InChI is InChI=1S/C19H37NO5Si/c1-10-23-16(21)12-11-15(25-26(8,9)19(5,6)7)13-14-20-17(22)24-18(2,3)4/h11-12,15H,10,13-14H2,1-9H3,(H,20,22)/b12-11+. The van der Waals surface area contributed by atoms with E-state index in [1.807, 2.05) is 20.8 Å². The summed E-state index contributed by atoms with van der Waals surface area (Å²) >= 11 is 0. The number of amides is 1. The minimum absolute atomic E-state index is 0.0433. The lowest BCUT2D eigenvalue weighted by Crippen LogP contribution is -2.44. The second-order valence-corrected chi connectivity index (χ2v) is 13.5. The van der Waals surface area contributed by atoms with Crippen LogP contribution in [-0.4, -0.2) is 45.2 Å². The van der Waals surface area contributed by atoms with Gasteiger partial charge in [0.15, 0.2) is 8.32 Å². The average Bonchev–Trinajstić information content (AvgIpc) is 2.41. The third kappa shape index (κ3) is 10.6. The molecule has 0 aromatic carbocycles. The number of esters is 1. The number of rotatable bonds is 8. The van der Waals surface area contributed by atoms with Crippen LogP contribution in [0, 0.1) is 0 Å². The van der Waals surface area contributed by atoms with Crippen LogP contribution in [-0.2, 0) is 18.7 Å². The monoisotopic (exact) mass is 387 g/mol. The van der Waals surface area contributed by atoms with E-state index < -0.39 is 26.0 Å². The number of carbonyl (C=O) groups excluding carboxylic acids is 2. The summed E-state index contributed by atoms with van der Waals surface area (Å²) in [5, 5.41) is 2.77. The van der Waals surface area contributed by atoms with E-state index in [2.05, 4.69) is 39.2 Å². The summed E-state index contributed by atoms with van der Waals surface area (Å²) in [6.45, 7) is 18.7. The highest BCUT2D eigenvalue weighted by Gasteiger charge is 2.38. The Kier molecular flexibility index (Phi) is 9.59. The van der Waals surface area contributed by atoms with Gasteiger partial charge in [0, 0.05) is 12.6 Å². The number of hydrogen-bond donors (Lipinski definition) is 1. The van der Waals surface area contributed by atoms with Gasteiger partial charge in [-0.25, -0.2) is 9.59 Å². The number of carbonyl (C=O) groups is 2. The largest absolute Gasteiger partial charge is 0.463 e. The Labute approximate surface area is 159 Å². The van der Waals surface area contributed by atoms with Gasteiger partial charge in [-0.3, -0.25) is 0 Å². The van der Waals surface area contributed by atoms with Crippen molar-refractivity contribution in [2.24, 2.45) is 0 Å². The molecule has 0 spiro atoms. The summed E-state index contributed by atoms with van der Waals surface area (Å²) in [6, 6.07) is 0. The van der Waals surface area contributed by atoms with Crippen molar-refractivity contribution >= 4 is 20.4 Å². The van der Waals surface area contributed by atoms with Crippen molar-refractivity contribution in [3.63, 3.8) is 0 Å². The van der Waals surface area contributed by atoms with Crippen LogP contribution in [0.2, 0.25) is 18.1 Å². The fourth-order valence-corrected chi connectivity index (χ4v) is 3.06. The van der Waals surface area contributed by atoms with Crippen LogP contribution >= 0.6 is 0 Å². The molecule has 0 saturated heterocycles. The van der Waals surface area contributed by atoms with Gasteiger partial charge in [-0.05, 0) is 58.3 Å². The van der Waals surface area contributed by atoms with E-state index in [1.165, 1.54) is 6.08 Å². The van der Waals surface area contributed by atoms with Crippen LogP contribution in [0.3, 0.4) is 0 Å². The minimum atomic E-state index is -2.02. The van der Waals surface area contributed by atoms with Gasteiger partial charge < -0.3 is 19.2 Å². The molecular weight excluding hydrogens is 350 g/mol. The molecule has 0 rings (SSSR count). The van der Waals surface area contributed by atoms with Crippen molar-refractivity contribution in [2.75, 3.05) is 13.2 Å². The molecule has 0 aliphatic rings. The van der Waals surface area contributed by atoms with Crippen LogP contribution in [0.1, 0.15) is 54.9 Å². The second kappa shape index (κ2) is 10.1. The second-order valence-electron chi connectivity index (χ2n) is 8.75. The first-order valence-electron chi connectivity index (χ1n) is 9.17. The lowest BCUT2D eigenvalue weighted by molar-refractivity contribution is -0.137. The third-order valence-corrected chi connectivity index (χ3v) is 8.59. The molecule has 0 bridgehead atoms. The van der Waals surface area contributed by atoms with E-state index in [-0.39, 0.29) is 11.1 Å². The van der Waals surface area contributed by atoms with E-state index in [9.17, 15) is 9.59 Å². The summed E-state index contributed by atoms with van der Waals surface area (Å²) in [4.78, 5) is 23.4. The first kappa shape index (κ1) is 24.7. The zero-order valence-corrected chi connectivity index (χ0v) is 18.9. The Morgan fingerprint density at radius 1 is 1.12 bits per heavy atom. The maximum absolute atomic E-state index is 11.8. The fraction of sp³-hybridized carbons (Fsp3) is 0.789. The van der Waals surface area contributed by atoms with E-state index in [1.54, 1.807) is 13.0 Å². The minimum Gasteiger partial charge on any atom is -0.463 e. The lowest BCUT2D eigenvalue weighted by atomic mass is 10.2. The Bertz CT molecular complexity index is 489. The van der Waals surface area contributed by atoms with E-state index in [4.69, 9.17) is 13.9 Å².